The summed E-state index contributed by atoms with van der Waals surface area (Å²) in [5, 5.41) is 3.71. The summed E-state index contributed by atoms with van der Waals surface area (Å²) >= 11 is 5.81. The molecule has 0 aliphatic rings. The lowest BCUT2D eigenvalue weighted by Gasteiger charge is -2.11. The van der Waals surface area contributed by atoms with Crippen molar-refractivity contribution >= 4 is 23.1 Å². The molecule has 2 rings (SSSR count). The van der Waals surface area contributed by atoms with Crippen LogP contribution in [0.5, 0.6) is 11.5 Å². The Hall–Kier alpha value is -2.14. The second-order valence-corrected chi connectivity index (χ2v) is 4.89. The SMILES string of the molecule is COc1ccc(CCNc2ncc(Cl)cc2N)cc1OC. The van der Waals surface area contributed by atoms with Gasteiger partial charge in [-0.1, -0.05) is 17.7 Å². The number of nitrogens with one attached hydrogen (secondary N) is 1. The number of hydrogen-bond donors (Lipinski definition) is 2. The predicted octanol–water partition coefficient (Wildman–Crippen LogP) is 2.99. The van der Waals surface area contributed by atoms with Gasteiger partial charge in [-0.05, 0) is 30.2 Å². The first-order valence-electron chi connectivity index (χ1n) is 6.50. The summed E-state index contributed by atoms with van der Waals surface area (Å²) in [6, 6.07) is 7.53. The molecule has 1 heterocycles. The van der Waals surface area contributed by atoms with Gasteiger partial charge < -0.3 is 20.5 Å². The van der Waals surface area contributed by atoms with Gasteiger partial charge >= 0.3 is 0 Å². The fraction of sp³-hybridized carbons (Fsp3) is 0.267. The Balaban J connectivity index is 1.97. The Kier molecular flexibility index (Phi) is 5.11. The highest BCUT2D eigenvalue weighted by Crippen LogP contribution is 2.27. The molecule has 0 aliphatic carbocycles. The van der Waals surface area contributed by atoms with Gasteiger partial charge in [0.1, 0.15) is 5.82 Å². The summed E-state index contributed by atoms with van der Waals surface area (Å²) in [6.07, 6.45) is 2.38. The van der Waals surface area contributed by atoms with Crippen LogP contribution in [0.2, 0.25) is 5.02 Å². The maximum absolute atomic E-state index is 5.84. The lowest BCUT2D eigenvalue weighted by atomic mass is 10.1. The van der Waals surface area contributed by atoms with E-state index >= 15 is 0 Å². The van der Waals surface area contributed by atoms with Crippen molar-refractivity contribution in [2.24, 2.45) is 0 Å². The van der Waals surface area contributed by atoms with Crippen molar-refractivity contribution < 1.29 is 9.47 Å². The molecule has 0 bridgehead atoms. The number of nitrogens with zero attached hydrogens (tertiary/aromatic N) is 1. The van der Waals surface area contributed by atoms with Gasteiger partial charge in [0.05, 0.1) is 24.9 Å². The number of nitrogen functional groups attached to an aromatic ring is 1. The number of ether oxygens (including phenoxy) is 2. The Morgan fingerprint density at radius 3 is 2.62 bits per heavy atom. The molecule has 0 unspecified atom stereocenters. The lowest BCUT2D eigenvalue weighted by Crippen LogP contribution is -2.08. The van der Waals surface area contributed by atoms with Crippen molar-refractivity contribution in [3.05, 3.63) is 41.0 Å². The van der Waals surface area contributed by atoms with Gasteiger partial charge in [-0.3, -0.25) is 0 Å². The maximum Gasteiger partial charge on any atom is 0.160 e. The van der Waals surface area contributed by atoms with Crippen LogP contribution in [0.1, 0.15) is 5.56 Å². The van der Waals surface area contributed by atoms with Crippen molar-refractivity contribution in [1.82, 2.24) is 4.98 Å². The quantitative estimate of drug-likeness (QED) is 0.858. The van der Waals surface area contributed by atoms with Gasteiger partial charge in [0.15, 0.2) is 11.5 Å². The van der Waals surface area contributed by atoms with Crippen LogP contribution in [0, 0.1) is 0 Å². The third-order valence-corrected chi connectivity index (χ3v) is 3.24. The Morgan fingerprint density at radius 2 is 1.95 bits per heavy atom. The third kappa shape index (κ3) is 3.92. The van der Waals surface area contributed by atoms with Gasteiger partial charge in [0.2, 0.25) is 0 Å². The number of rotatable bonds is 6. The number of methoxy groups -OCH3 is 2. The van der Waals surface area contributed by atoms with Crippen LogP contribution < -0.4 is 20.5 Å². The van der Waals surface area contributed by atoms with Gasteiger partial charge in [-0.15, -0.1) is 0 Å². The number of anilines is 2. The lowest BCUT2D eigenvalue weighted by molar-refractivity contribution is 0.354. The Bertz CT molecular complexity index is 620. The van der Waals surface area contributed by atoms with Crippen molar-refractivity contribution in [2.45, 2.75) is 6.42 Å². The summed E-state index contributed by atoms with van der Waals surface area (Å²) in [4.78, 5) is 4.16. The van der Waals surface area contributed by atoms with Crippen LogP contribution in [0.15, 0.2) is 30.5 Å². The Labute approximate surface area is 129 Å². The minimum absolute atomic E-state index is 0.526. The molecule has 0 fully saturated rings. The maximum atomic E-state index is 5.84. The Morgan fingerprint density at radius 1 is 1.19 bits per heavy atom. The molecule has 0 saturated heterocycles. The zero-order valence-corrected chi connectivity index (χ0v) is 12.8. The summed E-state index contributed by atoms with van der Waals surface area (Å²) in [5.74, 6) is 2.08. The number of halogens is 1. The largest absolute Gasteiger partial charge is 0.493 e. The zero-order chi connectivity index (χ0) is 15.2. The normalized spacial score (nSPS) is 10.2. The molecule has 3 N–H and O–H groups in total. The highest BCUT2D eigenvalue weighted by atomic mass is 35.5. The summed E-state index contributed by atoms with van der Waals surface area (Å²) < 4.78 is 10.5. The van der Waals surface area contributed by atoms with Gasteiger partial charge in [0.25, 0.3) is 0 Å². The van der Waals surface area contributed by atoms with Crippen LogP contribution in [0.3, 0.4) is 0 Å². The van der Waals surface area contributed by atoms with E-state index in [0.717, 1.165) is 23.5 Å². The van der Waals surface area contributed by atoms with Gasteiger partial charge in [0, 0.05) is 12.7 Å². The van der Waals surface area contributed by atoms with Crippen molar-refractivity contribution in [3.63, 3.8) is 0 Å². The molecule has 2 aromatic rings. The first kappa shape index (κ1) is 15.3. The molecule has 5 nitrogen and oxygen atoms in total. The molecule has 112 valence electrons. The average molecular weight is 308 g/mol. The second-order valence-electron chi connectivity index (χ2n) is 4.46. The number of hydrogen-bond acceptors (Lipinski definition) is 5. The summed E-state index contributed by atoms with van der Waals surface area (Å²) in [6.45, 7) is 0.703. The number of aromatic nitrogens is 1. The first-order valence-corrected chi connectivity index (χ1v) is 6.87. The molecule has 1 aromatic heterocycles. The van der Waals surface area contributed by atoms with E-state index in [2.05, 4.69) is 10.3 Å². The molecule has 0 spiro atoms. The van der Waals surface area contributed by atoms with E-state index in [0.29, 0.717) is 23.1 Å². The van der Waals surface area contributed by atoms with Crippen molar-refractivity contribution in [1.29, 1.82) is 0 Å². The molecule has 6 heteroatoms. The van der Waals surface area contributed by atoms with E-state index in [1.54, 1.807) is 26.5 Å². The number of pyridine rings is 1. The second kappa shape index (κ2) is 7.04. The first-order chi connectivity index (χ1) is 10.1. The van der Waals surface area contributed by atoms with E-state index < -0.39 is 0 Å². The minimum Gasteiger partial charge on any atom is -0.493 e. The highest BCUT2D eigenvalue weighted by Gasteiger charge is 2.05. The molecule has 0 aliphatic heterocycles. The predicted molar refractivity (Wildman–Crippen MR) is 85.4 cm³/mol. The summed E-state index contributed by atoms with van der Waals surface area (Å²) in [7, 11) is 3.24. The van der Waals surface area contributed by atoms with Crippen molar-refractivity contribution in [3.8, 4) is 11.5 Å². The smallest absolute Gasteiger partial charge is 0.160 e. The molecule has 0 saturated carbocycles. The van der Waals surface area contributed by atoms with Gasteiger partial charge in [-0.25, -0.2) is 4.98 Å². The van der Waals surface area contributed by atoms with E-state index in [4.69, 9.17) is 26.8 Å². The summed E-state index contributed by atoms with van der Waals surface area (Å²) in [5.41, 5.74) is 7.51. The van der Waals surface area contributed by atoms with E-state index in [1.807, 2.05) is 18.2 Å². The monoisotopic (exact) mass is 307 g/mol. The topological polar surface area (TPSA) is 69.4 Å². The standard InChI is InChI=1S/C15H18ClN3O2/c1-20-13-4-3-10(7-14(13)21-2)5-6-18-15-12(17)8-11(16)9-19-15/h3-4,7-9H,5-6,17H2,1-2H3,(H,18,19). The molecule has 0 atom stereocenters. The van der Waals surface area contributed by atoms with E-state index in [1.165, 1.54) is 0 Å². The molecule has 0 radical (unpaired) electrons. The number of nitrogens with two attached hydrogens (primary N) is 1. The fourth-order valence-electron chi connectivity index (χ4n) is 1.96. The molecule has 0 amide bonds. The third-order valence-electron chi connectivity index (χ3n) is 3.04. The molecular formula is C15H18ClN3O2. The molecule has 21 heavy (non-hydrogen) atoms. The van der Waals surface area contributed by atoms with E-state index in [9.17, 15) is 0 Å². The molecular weight excluding hydrogens is 290 g/mol. The van der Waals surface area contributed by atoms with Crippen molar-refractivity contribution in [2.75, 3.05) is 31.8 Å². The van der Waals surface area contributed by atoms with Crippen LogP contribution in [0.4, 0.5) is 11.5 Å². The minimum atomic E-state index is 0.526. The zero-order valence-electron chi connectivity index (χ0n) is 12.0. The number of benzene rings is 1. The van der Waals surface area contributed by atoms with Crippen LogP contribution in [-0.4, -0.2) is 25.7 Å². The van der Waals surface area contributed by atoms with Gasteiger partial charge in [-0.2, -0.15) is 0 Å². The highest BCUT2D eigenvalue weighted by molar-refractivity contribution is 6.30. The van der Waals surface area contributed by atoms with E-state index in [-0.39, 0.29) is 0 Å². The molecule has 1 aromatic carbocycles. The average Bonchev–Trinajstić information content (AvgIpc) is 2.49. The van der Waals surface area contributed by atoms with Crippen LogP contribution >= 0.6 is 11.6 Å². The fourth-order valence-corrected chi connectivity index (χ4v) is 2.13. The van der Waals surface area contributed by atoms with Crippen LogP contribution in [0.25, 0.3) is 0 Å². The van der Waals surface area contributed by atoms with Crippen LogP contribution in [-0.2, 0) is 6.42 Å².